The fourth-order valence-electron chi connectivity index (χ4n) is 2.20. The van der Waals surface area contributed by atoms with Crippen LogP contribution in [0.25, 0.3) is 11.0 Å². The highest BCUT2D eigenvalue weighted by Gasteiger charge is 2.12. The number of anilines is 1. The number of carbonyl (C=O) groups is 1. The second-order valence-corrected chi connectivity index (χ2v) is 4.85. The van der Waals surface area contributed by atoms with Crippen LogP contribution in [0.3, 0.4) is 0 Å². The molecule has 0 aliphatic rings. The highest BCUT2D eigenvalue weighted by atomic mass is 16.5. The zero-order chi connectivity index (χ0) is 15.5. The zero-order valence-corrected chi connectivity index (χ0v) is 12.3. The number of pyridine rings is 2. The van der Waals surface area contributed by atoms with Crippen LogP contribution in [0.4, 0.5) is 5.69 Å². The van der Waals surface area contributed by atoms with Gasteiger partial charge in [-0.3, -0.25) is 4.79 Å². The van der Waals surface area contributed by atoms with Crippen molar-refractivity contribution in [1.82, 2.24) is 9.97 Å². The number of carbonyl (C=O) groups excluding carboxylic acids is 1. The van der Waals surface area contributed by atoms with Gasteiger partial charge in [0, 0.05) is 17.3 Å². The molecular weight excluding hydrogens is 278 g/mol. The van der Waals surface area contributed by atoms with E-state index in [2.05, 4.69) is 15.3 Å². The Hall–Kier alpha value is -2.95. The van der Waals surface area contributed by atoms with E-state index in [-0.39, 0.29) is 5.91 Å². The molecule has 2 aromatic heterocycles. The number of nitrogens with zero attached hydrogens (tertiary/aromatic N) is 2. The van der Waals surface area contributed by atoms with Crippen LogP contribution in [-0.4, -0.2) is 23.0 Å². The molecule has 0 atom stereocenters. The molecule has 3 aromatic rings. The van der Waals surface area contributed by atoms with Crippen LogP contribution in [0.2, 0.25) is 0 Å². The Balaban J connectivity index is 1.89. The number of aromatic nitrogens is 2. The van der Waals surface area contributed by atoms with Crippen molar-refractivity contribution in [2.24, 2.45) is 0 Å². The van der Waals surface area contributed by atoms with Gasteiger partial charge in [0.1, 0.15) is 5.75 Å². The Morgan fingerprint density at radius 3 is 2.68 bits per heavy atom. The minimum absolute atomic E-state index is 0.194. The van der Waals surface area contributed by atoms with Gasteiger partial charge in [-0.2, -0.15) is 0 Å². The van der Waals surface area contributed by atoms with Crippen molar-refractivity contribution in [2.75, 3.05) is 12.4 Å². The summed E-state index contributed by atoms with van der Waals surface area (Å²) in [6.45, 7) is 1.80. The van der Waals surface area contributed by atoms with Crippen LogP contribution in [0.15, 0.2) is 48.7 Å². The number of rotatable bonds is 3. The first kappa shape index (κ1) is 14.0. The van der Waals surface area contributed by atoms with E-state index < -0.39 is 0 Å². The van der Waals surface area contributed by atoms with E-state index in [1.165, 1.54) is 0 Å². The van der Waals surface area contributed by atoms with Gasteiger partial charge in [-0.15, -0.1) is 0 Å². The van der Waals surface area contributed by atoms with Crippen LogP contribution in [-0.2, 0) is 0 Å². The summed E-state index contributed by atoms with van der Waals surface area (Å²) in [5.41, 5.74) is 2.53. The largest absolute Gasteiger partial charge is 0.497 e. The quantitative estimate of drug-likeness (QED) is 0.805. The average Bonchev–Trinajstić information content (AvgIpc) is 2.54. The minimum atomic E-state index is -0.194. The molecule has 5 nitrogen and oxygen atoms in total. The number of hydrogen-bond acceptors (Lipinski definition) is 4. The Labute approximate surface area is 128 Å². The summed E-state index contributed by atoms with van der Waals surface area (Å²) in [6.07, 6.45) is 1.69. The van der Waals surface area contributed by atoms with Crippen LogP contribution in [0.1, 0.15) is 16.1 Å². The average molecular weight is 293 g/mol. The molecule has 22 heavy (non-hydrogen) atoms. The molecule has 0 fully saturated rings. The second-order valence-electron chi connectivity index (χ2n) is 4.85. The SMILES string of the molecule is COc1ccc(NC(=O)c2cc3cccnc3nc2C)cc1. The first-order valence-electron chi connectivity index (χ1n) is 6.85. The molecule has 5 heteroatoms. The number of hydrogen-bond donors (Lipinski definition) is 1. The maximum Gasteiger partial charge on any atom is 0.257 e. The molecule has 0 unspecified atom stereocenters. The molecule has 0 aliphatic heterocycles. The standard InChI is InChI=1S/C17H15N3O2/c1-11-15(10-12-4-3-9-18-16(12)19-11)17(21)20-13-5-7-14(22-2)8-6-13/h3-10H,1-2H3,(H,20,21). The normalized spacial score (nSPS) is 10.5. The third kappa shape index (κ3) is 2.74. The van der Waals surface area contributed by atoms with Crippen LogP contribution in [0.5, 0.6) is 5.75 Å². The maximum atomic E-state index is 12.4. The lowest BCUT2D eigenvalue weighted by atomic mass is 10.1. The summed E-state index contributed by atoms with van der Waals surface area (Å²) in [5, 5.41) is 3.70. The van der Waals surface area contributed by atoms with E-state index in [4.69, 9.17) is 4.74 Å². The van der Waals surface area contributed by atoms with Crippen LogP contribution in [0, 0.1) is 6.92 Å². The van der Waals surface area contributed by atoms with Crippen molar-refractivity contribution in [3.8, 4) is 5.75 Å². The van der Waals surface area contributed by atoms with E-state index in [9.17, 15) is 4.79 Å². The number of ether oxygens (including phenoxy) is 1. The molecule has 1 amide bonds. The van der Waals surface area contributed by atoms with Gasteiger partial charge in [0.25, 0.3) is 5.91 Å². The van der Waals surface area contributed by atoms with E-state index >= 15 is 0 Å². The van der Waals surface area contributed by atoms with Crippen molar-refractivity contribution >= 4 is 22.6 Å². The first-order chi connectivity index (χ1) is 10.7. The molecule has 1 N–H and O–H groups in total. The summed E-state index contributed by atoms with van der Waals surface area (Å²) in [6, 6.07) is 12.7. The number of benzene rings is 1. The van der Waals surface area contributed by atoms with Crippen molar-refractivity contribution < 1.29 is 9.53 Å². The number of aryl methyl sites for hydroxylation is 1. The van der Waals surface area contributed by atoms with Gasteiger partial charge in [-0.05, 0) is 49.4 Å². The van der Waals surface area contributed by atoms with Crippen molar-refractivity contribution in [1.29, 1.82) is 0 Å². The molecule has 0 radical (unpaired) electrons. The lowest BCUT2D eigenvalue weighted by molar-refractivity contribution is 0.102. The second kappa shape index (κ2) is 5.81. The zero-order valence-electron chi connectivity index (χ0n) is 12.3. The molecule has 0 spiro atoms. The van der Waals surface area contributed by atoms with Crippen molar-refractivity contribution in [3.05, 3.63) is 59.9 Å². The van der Waals surface area contributed by atoms with Gasteiger partial charge in [0.05, 0.1) is 18.4 Å². The van der Waals surface area contributed by atoms with E-state index in [1.54, 1.807) is 44.5 Å². The molecule has 1 aromatic carbocycles. The number of amides is 1. The smallest absolute Gasteiger partial charge is 0.257 e. The molecular formula is C17H15N3O2. The van der Waals surface area contributed by atoms with Gasteiger partial charge < -0.3 is 10.1 Å². The van der Waals surface area contributed by atoms with E-state index in [0.29, 0.717) is 22.6 Å². The van der Waals surface area contributed by atoms with Gasteiger partial charge in [0.2, 0.25) is 0 Å². The van der Waals surface area contributed by atoms with Crippen LogP contribution >= 0.6 is 0 Å². The Morgan fingerprint density at radius 1 is 1.18 bits per heavy atom. The summed E-state index contributed by atoms with van der Waals surface area (Å²) in [5.74, 6) is 0.550. The van der Waals surface area contributed by atoms with Gasteiger partial charge in [-0.25, -0.2) is 9.97 Å². The van der Waals surface area contributed by atoms with Gasteiger partial charge in [-0.1, -0.05) is 0 Å². The fraction of sp³-hybridized carbons (Fsp3) is 0.118. The van der Waals surface area contributed by atoms with E-state index in [0.717, 1.165) is 11.1 Å². The first-order valence-corrected chi connectivity index (χ1v) is 6.85. The van der Waals surface area contributed by atoms with Crippen LogP contribution < -0.4 is 10.1 Å². The van der Waals surface area contributed by atoms with Crippen molar-refractivity contribution in [3.63, 3.8) is 0 Å². The predicted octanol–water partition coefficient (Wildman–Crippen LogP) is 3.20. The molecule has 0 saturated carbocycles. The van der Waals surface area contributed by atoms with Gasteiger partial charge >= 0.3 is 0 Å². The number of methoxy groups -OCH3 is 1. The van der Waals surface area contributed by atoms with Gasteiger partial charge in [0.15, 0.2) is 5.65 Å². The molecule has 3 rings (SSSR count). The summed E-state index contributed by atoms with van der Waals surface area (Å²) in [7, 11) is 1.60. The maximum absolute atomic E-state index is 12.4. The Bertz CT molecular complexity index is 829. The molecule has 0 bridgehead atoms. The highest BCUT2D eigenvalue weighted by Crippen LogP contribution is 2.18. The third-order valence-corrected chi connectivity index (χ3v) is 3.37. The molecule has 110 valence electrons. The molecule has 2 heterocycles. The number of fused-ring (bicyclic) bond motifs is 1. The third-order valence-electron chi connectivity index (χ3n) is 3.37. The Morgan fingerprint density at radius 2 is 1.95 bits per heavy atom. The lowest BCUT2D eigenvalue weighted by Gasteiger charge is -2.09. The topological polar surface area (TPSA) is 64.1 Å². The highest BCUT2D eigenvalue weighted by molar-refractivity contribution is 6.06. The summed E-state index contributed by atoms with van der Waals surface area (Å²) < 4.78 is 5.10. The summed E-state index contributed by atoms with van der Waals surface area (Å²) >= 11 is 0. The summed E-state index contributed by atoms with van der Waals surface area (Å²) in [4.78, 5) is 21.0. The minimum Gasteiger partial charge on any atom is -0.497 e. The number of nitrogens with one attached hydrogen (secondary N) is 1. The lowest BCUT2D eigenvalue weighted by Crippen LogP contribution is -2.14. The van der Waals surface area contributed by atoms with Crippen molar-refractivity contribution in [2.45, 2.75) is 6.92 Å². The molecule has 0 saturated heterocycles. The predicted molar refractivity (Wildman–Crippen MR) is 85.2 cm³/mol. The monoisotopic (exact) mass is 293 g/mol. The Kier molecular flexibility index (Phi) is 3.70. The molecule has 0 aliphatic carbocycles. The fourth-order valence-corrected chi connectivity index (χ4v) is 2.20. The van der Waals surface area contributed by atoms with E-state index in [1.807, 2.05) is 18.2 Å².